The SMILES string of the molecule is CC(C)COC(C)(OCC(C)C)OCC(C)C. The molecule has 0 aromatic rings. The van der Waals surface area contributed by atoms with E-state index >= 15 is 0 Å². The van der Waals surface area contributed by atoms with Crippen LogP contribution in [-0.2, 0) is 14.2 Å². The number of hydrogen-bond donors (Lipinski definition) is 0. The second-order valence-electron chi connectivity index (χ2n) is 5.98. The lowest BCUT2D eigenvalue weighted by molar-refractivity contribution is -0.376. The van der Waals surface area contributed by atoms with Gasteiger partial charge in [0.05, 0.1) is 19.8 Å². The fourth-order valence-corrected chi connectivity index (χ4v) is 1.08. The molecule has 0 bridgehead atoms. The average molecular weight is 246 g/mol. The van der Waals surface area contributed by atoms with Gasteiger partial charge in [-0.15, -0.1) is 0 Å². The monoisotopic (exact) mass is 246 g/mol. The first-order valence-corrected chi connectivity index (χ1v) is 6.67. The van der Waals surface area contributed by atoms with Crippen LogP contribution in [0.25, 0.3) is 0 Å². The molecule has 0 saturated heterocycles. The predicted molar refractivity (Wildman–Crippen MR) is 70.8 cm³/mol. The molecule has 0 rings (SSSR count). The molecule has 0 unspecified atom stereocenters. The summed E-state index contributed by atoms with van der Waals surface area (Å²) in [6, 6.07) is 0. The maximum Gasteiger partial charge on any atom is 0.279 e. The van der Waals surface area contributed by atoms with Gasteiger partial charge in [0.25, 0.3) is 5.97 Å². The topological polar surface area (TPSA) is 27.7 Å². The van der Waals surface area contributed by atoms with Crippen LogP contribution in [0.4, 0.5) is 0 Å². The fourth-order valence-electron chi connectivity index (χ4n) is 1.08. The maximum absolute atomic E-state index is 5.75. The molecule has 0 atom stereocenters. The fraction of sp³-hybridized carbons (Fsp3) is 1.00. The summed E-state index contributed by atoms with van der Waals surface area (Å²) >= 11 is 0. The highest BCUT2D eigenvalue weighted by atomic mass is 16.9. The molecular weight excluding hydrogens is 216 g/mol. The molecule has 0 fully saturated rings. The standard InChI is InChI=1S/C14H30O3/c1-11(2)8-15-14(7,16-9-12(3)4)17-10-13(5)6/h11-13H,8-10H2,1-7H3. The van der Waals surface area contributed by atoms with E-state index in [-0.39, 0.29) is 0 Å². The molecule has 0 aliphatic carbocycles. The summed E-state index contributed by atoms with van der Waals surface area (Å²) in [5, 5.41) is 0. The van der Waals surface area contributed by atoms with E-state index in [1.807, 2.05) is 6.92 Å². The second-order valence-corrected chi connectivity index (χ2v) is 5.98. The summed E-state index contributed by atoms with van der Waals surface area (Å²) in [5.41, 5.74) is 0. The van der Waals surface area contributed by atoms with Gasteiger partial charge < -0.3 is 14.2 Å². The smallest absolute Gasteiger partial charge is 0.279 e. The first-order chi connectivity index (χ1) is 7.75. The van der Waals surface area contributed by atoms with Crippen molar-refractivity contribution in [3.8, 4) is 0 Å². The van der Waals surface area contributed by atoms with Gasteiger partial charge in [-0.25, -0.2) is 0 Å². The molecule has 0 radical (unpaired) electrons. The van der Waals surface area contributed by atoms with E-state index in [1.165, 1.54) is 0 Å². The van der Waals surface area contributed by atoms with Crippen molar-refractivity contribution in [2.45, 2.75) is 54.4 Å². The van der Waals surface area contributed by atoms with Gasteiger partial charge in [-0.3, -0.25) is 0 Å². The van der Waals surface area contributed by atoms with Crippen LogP contribution in [0.5, 0.6) is 0 Å². The van der Waals surface area contributed by atoms with Gasteiger partial charge in [0, 0.05) is 6.92 Å². The van der Waals surface area contributed by atoms with E-state index in [2.05, 4.69) is 41.5 Å². The van der Waals surface area contributed by atoms with Crippen LogP contribution in [0.1, 0.15) is 48.5 Å². The van der Waals surface area contributed by atoms with Gasteiger partial charge in [-0.2, -0.15) is 0 Å². The largest absolute Gasteiger partial charge is 0.327 e. The Kier molecular flexibility index (Phi) is 8.01. The zero-order valence-corrected chi connectivity index (χ0v) is 12.6. The predicted octanol–water partition coefficient (Wildman–Crippen LogP) is 3.68. The Balaban J connectivity index is 4.23. The van der Waals surface area contributed by atoms with Gasteiger partial charge in [0.1, 0.15) is 0 Å². The van der Waals surface area contributed by atoms with Crippen molar-refractivity contribution in [2.75, 3.05) is 19.8 Å². The first kappa shape index (κ1) is 16.9. The Morgan fingerprint density at radius 1 is 0.647 bits per heavy atom. The van der Waals surface area contributed by atoms with E-state index in [0.717, 1.165) is 0 Å². The van der Waals surface area contributed by atoms with E-state index < -0.39 is 5.97 Å². The van der Waals surface area contributed by atoms with E-state index in [4.69, 9.17) is 14.2 Å². The minimum absolute atomic E-state index is 0.472. The van der Waals surface area contributed by atoms with Crippen LogP contribution in [0.15, 0.2) is 0 Å². The lowest BCUT2D eigenvalue weighted by Gasteiger charge is -2.31. The normalized spacial score (nSPS) is 13.1. The van der Waals surface area contributed by atoms with Gasteiger partial charge in [-0.1, -0.05) is 41.5 Å². The van der Waals surface area contributed by atoms with Crippen LogP contribution < -0.4 is 0 Å². The Bertz CT molecular complexity index is 157. The maximum atomic E-state index is 5.75. The summed E-state index contributed by atoms with van der Waals surface area (Å²) in [6.45, 7) is 16.5. The zero-order valence-electron chi connectivity index (χ0n) is 12.6. The summed E-state index contributed by atoms with van der Waals surface area (Å²) in [5.74, 6) is 0.512. The molecule has 0 aliphatic heterocycles. The Hall–Kier alpha value is -0.120. The highest BCUT2D eigenvalue weighted by Crippen LogP contribution is 2.18. The van der Waals surface area contributed by atoms with E-state index in [9.17, 15) is 0 Å². The van der Waals surface area contributed by atoms with Gasteiger partial charge in [0.15, 0.2) is 0 Å². The molecular formula is C14H30O3. The van der Waals surface area contributed by atoms with Crippen molar-refractivity contribution >= 4 is 0 Å². The average Bonchev–Trinajstić information content (AvgIpc) is 2.21. The molecule has 0 amide bonds. The lowest BCUT2D eigenvalue weighted by Crippen LogP contribution is -2.39. The third-order valence-electron chi connectivity index (χ3n) is 2.04. The van der Waals surface area contributed by atoms with E-state index in [1.54, 1.807) is 0 Å². The lowest BCUT2D eigenvalue weighted by atomic mass is 10.2. The van der Waals surface area contributed by atoms with Crippen LogP contribution in [-0.4, -0.2) is 25.8 Å². The summed E-state index contributed by atoms with van der Waals surface area (Å²) in [4.78, 5) is 0. The second kappa shape index (κ2) is 8.06. The Morgan fingerprint density at radius 2 is 0.882 bits per heavy atom. The molecule has 17 heavy (non-hydrogen) atoms. The Labute approximate surface area is 107 Å². The van der Waals surface area contributed by atoms with Gasteiger partial charge >= 0.3 is 0 Å². The molecule has 3 heteroatoms. The number of rotatable bonds is 9. The molecule has 0 aromatic carbocycles. The van der Waals surface area contributed by atoms with Crippen molar-refractivity contribution in [1.29, 1.82) is 0 Å². The molecule has 3 nitrogen and oxygen atoms in total. The molecule has 0 heterocycles. The summed E-state index contributed by atoms with van der Waals surface area (Å²) < 4.78 is 17.2. The van der Waals surface area contributed by atoms with Gasteiger partial charge in [-0.05, 0) is 17.8 Å². The van der Waals surface area contributed by atoms with Crippen molar-refractivity contribution in [2.24, 2.45) is 17.8 Å². The summed E-state index contributed by atoms with van der Waals surface area (Å²) in [6.07, 6.45) is 0. The van der Waals surface area contributed by atoms with Crippen molar-refractivity contribution in [1.82, 2.24) is 0 Å². The third kappa shape index (κ3) is 9.57. The number of ether oxygens (including phenoxy) is 3. The van der Waals surface area contributed by atoms with Crippen molar-refractivity contribution in [3.63, 3.8) is 0 Å². The Morgan fingerprint density at radius 3 is 1.06 bits per heavy atom. The van der Waals surface area contributed by atoms with Crippen molar-refractivity contribution < 1.29 is 14.2 Å². The number of hydrogen-bond acceptors (Lipinski definition) is 3. The quantitative estimate of drug-likeness (QED) is 0.581. The molecule has 0 N–H and O–H groups in total. The minimum atomic E-state index is -0.904. The first-order valence-electron chi connectivity index (χ1n) is 6.67. The molecule has 0 aliphatic rings. The van der Waals surface area contributed by atoms with Crippen LogP contribution in [0.3, 0.4) is 0 Å². The highest BCUT2D eigenvalue weighted by Gasteiger charge is 2.28. The zero-order chi connectivity index (χ0) is 13.5. The molecule has 0 aromatic heterocycles. The van der Waals surface area contributed by atoms with Crippen LogP contribution in [0, 0.1) is 17.8 Å². The summed E-state index contributed by atoms with van der Waals surface area (Å²) in [7, 11) is 0. The van der Waals surface area contributed by atoms with Crippen molar-refractivity contribution in [3.05, 3.63) is 0 Å². The molecule has 0 spiro atoms. The van der Waals surface area contributed by atoms with Crippen LogP contribution >= 0.6 is 0 Å². The molecule has 0 saturated carbocycles. The molecule has 104 valence electrons. The highest BCUT2D eigenvalue weighted by molar-refractivity contribution is 4.54. The van der Waals surface area contributed by atoms with Crippen LogP contribution in [0.2, 0.25) is 0 Å². The van der Waals surface area contributed by atoms with E-state index in [0.29, 0.717) is 37.6 Å². The minimum Gasteiger partial charge on any atom is -0.327 e. The third-order valence-corrected chi connectivity index (χ3v) is 2.04. The van der Waals surface area contributed by atoms with Gasteiger partial charge in [0.2, 0.25) is 0 Å².